The molecule has 55 heavy (non-hydrogen) atoms. The van der Waals surface area contributed by atoms with Crippen LogP contribution in [0.3, 0.4) is 0 Å². The zero-order chi connectivity index (χ0) is 39.4. The molecule has 0 spiro atoms. The molecule has 2 fully saturated rings. The lowest BCUT2D eigenvalue weighted by Crippen LogP contribution is -2.58. The van der Waals surface area contributed by atoms with Crippen molar-refractivity contribution in [3.8, 4) is 33.6 Å². The van der Waals surface area contributed by atoms with Gasteiger partial charge in [0.05, 0.1) is 49.6 Å². The van der Waals surface area contributed by atoms with Crippen molar-refractivity contribution in [1.82, 2.24) is 40.4 Å². The first-order valence-corrected chi connectivity index (χ1v) is 19.0. The van der Waals surface area contributed by atoms with Crippen LogP contribution in [0.15, 0.2) is 60.9 Å². The second kappa shape index (κ2) is 16.4. The molecular formula is C41H52N8O6. The van der Waals surface area contributed by atoms with Crippen molar-refractivity contribution >= 4 is 24.0 Å². The number of rotatable bonds is 10. The Hall–Kier alpha value is -5.66. The van der Waals surface area contributed by atoms with Gasteiger partial charge in [0.2, 0.25) is 11.8 Å². The molecule has 2 saturated heterocycles. The van der Waals surface area contributed by atoms with Crippen LogP contribution in [-0.4, -0.2) is 93.1 Å². The van der Waals surface area contributed by atoms with Crippen molar-refractivity contribution in [3.63, 3.8) is 0 Å². The third-order valence-corrected chi connectivity index (χ3v) is 11.0. The molecule has 0 aliphatic carbocycles. The van der Waals surface area contributed by atoms with Gasteiger partial charge in [0.25, 0.3) is 0 Å². The summed E-state index contributed by atoms with van der Waals surface area (Å²) in [6.45, 7) is 10.8. The average molecular weight is 753 g/mol. The fourth-order valence-corrected chi connectivity index (χ4v) is 7.65. The number of piperidine rings is 1. The molecule has 292 valence electrons. The second-order valence-electron chi connectivity index (χ2n) is 15.3. The Morgan fingerprint density at radius 2 is 1.36 bits per heavy atom. The van der Waals surface area contributed by atoms with Gasteiger partial charge in [-0.2, -0.15) is 0 Å². The molecule has 2 aromatic carbocycles. The number of likely N-dealkylation sites (tertiary alicyclic amines) is 2. The quantitative estimate of drug-likeness (QED) is 0.144. The normalized spacial score (nSPS) is 20.9. The lowest BCUT2D eigenvalue weighted by Gasteiger charge is -2.46. The van der Waals surface area contributed by atoms with Crippen LogP contribution < -0.4 is 10.6 Å². The third kappa shape index (κ3) is 8.23. The number of aromatic amines is 2. The summed E-state index contributed by atoms with van der Waals surface area (Å²) in [5, 5.41) is 5.30. The molecule has 0 bridgehead atoms. The smallest absolute Gasteiger partial charge is 0.407 e. The number of amides is 4. The highest BCUT2D eigenvalue weighted by Crippen LogP contribution is 2.39. The van der Waals surface area contributed by atoms with Crippen LogP contribution in [0.4, 0.5) is 9.59 Å². The van der Waals surface area contributed by atoms with E-state index in [0.29, 0.717) is 24.8 Å². The van der Waals surface area contributed by atoms with Crippen LogP contribution in [0.2, 0.25) is 0 Å². The molecule has 14 heteroatoms. The summed E-state index contributed by atoms with van der Waals surface area (Å²) in [6.07, 6.45) is 5.65. The molecule has 4 amide bonds. The van der Waals surface area contributed by atoms with E-state index in [1.165, 1.54) is 14.2 Å². The van der Waals surface area contributed by atoms with E-state index in [-0.39, 0.29) is 23.8 Å². The van der Waals surface area contributed by atoms with Crippen molar-refractivity contribution in [1.29, 1.82) is 0 Å². The molecule has 5 atom stereocenters. The molecule has 4 aromatic rings. The molecule has 4 heterocycles. The number of aromatic nitrogens is 4. The van der Waals surface area contributed by atoms with Crippen LogP contribution in [0.25, 0.3) is 33.6 Å². The minimum Gasteiger partial charge on any atom is -0.453 e. The first kappa shape index (κ1) is 39.0. The molecule has 0 radical (unpaired) electrons. The summed E-state index contributed by atoms with van der Waals surface area (Å²) in [5.41, 5.74) is 5.09. The number of hydrogen-bond acceptors (Lipinski definition) is 8. The molecule has 14 nitrogen and oxygen atoms in total. The maximum absolute atomic E-state index is 13.6. The van der Waals surface area contributed by atoms with Gasteiger partial charge in [-0.1, -0.05) is 69.3 Å². The van der Waals surface area contributed by atoms with E-state index in [4.69, 9.17) is 14.5 Å². The van der Waals surface area contributed by atoms with Gasteiger partial charge in [0, 0.05) is 13.1 Å². The Balaban J connectivity index is 1.13. The van der Waals surface area contributed by atoms with Crippen LogP contribution in [0.5, 0.6) is 0 Å². The average Bonchev–Trinajstić information content (AvgIpc) is 3.99. The largest absolute Gasteiger partial charge is 0.453 e. The number of methoxy groups -OCH3 is 2. The number of hydrogen-bond donors (Lipinski definition) is 4. The summed E-state index contributed by atoms with van der Waals surface area (Å²) in [7, 11) is 2.57. The molecule has 2 aromatic heterocycles. The lowest BCUT2D eigenvalue weighted by molar-refractivity contribution is -0.143. The predicted octanol–water partition coefficient (Wildman–Crippen LogP) is 6.40. The van der Waals surface area contributed by atoms with Crippen LogP contribution in [0, 0.1) is 11.8 Å². The summed E-state index contributed by atoms with van der Waals surface area (Å²) < 4.78 is 9.46. The van der Waals surface area contributed by atoms with E-state index in [0.717, 1.165) is 65.1 Å². The first-order valence-electron chi connectivity index (χ1n) is 19.0. The van der Waals surface area contributed by atoms with Crippen LogP contribution >= 0.6 is 0 Å². The summed E-state index contributed by atoms with van der Waals surface area (Å²) in [6, 6.07) is 14.9. The Bertz CT molecular complexity index is 1990. The van der Waals surface area contributed by atoms with E-state index in [2.05, 4.69) is 81.0 Å². The number of alkyl carbamates (subject to hydrolysis) is 2. The highest BCUT2D eigenvalue weighted by Gasteiger charge is 2.44. The highest BCUT2D eigenvalue weighted by atomic mass is 16.5. The Morgan fingerprint density at radius 1 is 0.800 bits per heavy atom. The number of nitrogens with one attached hydrogen (secondary N) is 4. The van der Waals surface area contributed by atoms with Gasteiger partial charge >= 0.3 is 12.2 Å². The lowest BCUT2D eigenvalue weighted by atomic mass is 9.83. The molecular weight excluding hydrogens is 701 g/mol. The topological polar surface area (TPSA) is 175 Å². The van der Waals surface area contributed by atoms with Crippen molar-refractivity contribution < 1.29 is 28.7 Å². The monoisotopic (exact) mass is 752 g/mol. The maximum atomic E-state index is 13.6. The Morgan fingerprint density at radius 3 is 1.96 bits per heavy atom. The standard InChI is InChI=1S/C41H52N8O6/c1-24(2)34(47-40(53)55-7)37(51)48-20-8-9-33(48)35-42-21-31(45-35)29-14-10-27(11-15-29)28-12-16-30(17-13-28)32-22-43-38(46-32)41(5)19-18-25(3)23-49(41)36(50)26(4)44-39(52)54-6/h10-17,21-22,24-26,33-34H,8-9,18-20,23H2,1-7H3,(H,42,45)(H,43,46)(H,44,52)(H,47,53). The van der Waals surface area contributed by atoms with E-state index in [1.807, 2.05) is 31.9 Å². The van der Waals surface area contributed by atoms with E-state index >= 15 is 0 Å². The molecule has 2 aliphatic heterocycles. The Labute approximate surface area is 321 Å². The van der Waals surface area contributed by atoms with Gasteiger partial charge in [-0.05, 0) is 73.6 Å². The molecule has 0 saturated carbocycles. The molecule has 4 N–H and O–H groups in total. The minimum atomic E-state index is -0.743. The number of ether oxygens (including phenoxy) is 2. The van der Waals surface area contributed by atoms with Crippen molar-refractivity contribution in [2.45, 2.75) is 84.0 Å². The second-order valence-corrected chi connectivity index (χ2v) is 15.3. The SMILES string of the molecule is COC(=O)NC(C)C(=O)N1CC(C)CCC1(C)c1ncc(-c2ccc(-c3ccc(-c4cnc(C5CCCN5C(=O)C(NC(=O)OC)C(C)C)[nH]4)cc3)cc2)[nH]1. The molecule has 2 aliphatic rings. The summed E-state index contributed by atoms with van der Waals surface area (Å²) in [4.78, 5) is 70.9. The fourth-order valence-electron chi connectivity index (χ4n) is 7.65. The van der Waals surface area contributed by atoms with E-state index in [9.17, 15) is 19.2 Å². The summed E-state index contributed by atoms with van der Waals surface area (Å²) >= 11 is 0. The number of nitrogens with zero attached hydrogens (tertiary/aromatic N) is 4. The molecule has 6 rings (SSSR count). The Kier molecular flexibility index (Phi) is 11.6. The van der Waals surface area contributed by atoms with E-state index in [1.54, 1.807) is 18.0 Å². The van der Waals surface area contributed by atoms with Crippen LogP contribution in [0.1, 0.15) is 78.0 Å². The number of imidazole rings is 2. The van der Waals surface area contributed by atoms with Crippen molar-refractivity contribution in [3.05, 3.63) is 72.6 Å². The van der Waals surface area contributed by atoms with Crippen LogP contribution in [-0.2, 0) is 24.6 Å². The zero-order valence-corrected chi connectivity index (χ0v) is 32.6. The maximum Gasteiger partial charge on any atom is 0.407 e. The number of benzene rings is 2. The van der Waals surface area contributed by atoms with Gasteiger partial charge in [0.15, 0.2) is 0 Å². The number of carbonyl (C=O) groups excluding carboxylic acids is 4. The van der Waals surface area contributed by atoms with Crippen molar-refractivity contribution in [2.75, 3.05) is 27.3 Å². The van der Waals surface area contributed by atoms with E-state index < -0.39 is 29.8 Å². The van der Waals surface area contributed by atoms with Crippen molar-refractivity contribution in [2.24, 2.45) is 11.8 Å². The minimum absolute atomic E-state index is 0.106. The van der Waals surface area contributed by atoms with Gasteiger partial charge in [-0.25, -0.2) is 19.6 Å². The highest BCUT2D eigenvalue weighted by molar-refractivity contribution is 5.87. The molecule has 5 unspecified atom stereocenters. The van der Waals surface area contributed by atoms with Gasteiger partial charge in [-0.3, -0.25) is 9.59 Å². The number of carbonyl (C=O) groups is 4. The predicted molar refractivity (Wildman–Crippen MR) is 207 cm³/mol. The van der Waals surface area contributed by atoms with Gasteiger partial charge in [0.1, 0.15) is 23.7 Å². The third-order valence-electron chi connectivity index (χ3n) is 11.0. The number of H-pyrrole nitrogens is 2. The van der Waals surface area contributed by atoms with Gasteiger partial charge in [-0.15, -0.1) is 0 Å². The van der Waals surface area contributed by atoms with Gasteiger partial charge < -0.3 is 39.9 Å². The fraction of sp³-hybridized carbons (Fsp3) is 0.463. The zero-order valence-electron chi connectivity index (χ0n) is 32.6. The summed E-state index contributed by atoms with van der Waals surface area (Å²) in [5.74, 6) is 1.32. The first-order chi connectivity index (χ1) is 26.3.